The molecule has 1 amide bonds. The molecule has 1 aromatic heterocycles. The Morgan fingerprint density at radius 1 is 1.59 bits per heavy atom. The predicted molar refractivity (Wildman–Crippen MR) is 68.8 cm³/mol. The molecule has 0 aliphatic rings. The van der Waals surface area contributed by atoms with E-state index in [-0.39, 0.29) is 0 Å². The highest BCUT2D eigenvalue weighted by atomic mass is 32.1. The third-order valence-corrected chi connectivity index (χ3v) is 2.52. The molecule has 1 heterocycles. The third kappa shape index (κ3) is 4.70. The molecule has 0 fully saturated rings. The van der Waals surface area contributed by atoms with Gasteiger partial charge in [-0.1, -0.05) is 0 Å². The molecular formula is C12H14N2O2S. The number of nitrogens with zero attached hydrogens (tertiary/aromatic N) is 1. The first-order valence-electron chi connectivity index (χ1n) is 5.06. The number of amides is 1. The first kappa shape index (κ1) is 13.3. The first-order chi connectivity index (χ1) is 7.92. The molecule has 0 atom stereocenters. The van der Waals surface area contributed by atoms with Crippen LogP contribution in [-0.2, 0) is 4.74 Å². The van der Waals surface area contributed by atoms with Crippen LogP contribution in [0.15, 0.2) is 17.5 Å². The fourth-order valence-corrected chi connectivity index (χ4v) is 1.82. The standard InChI is InChI=1S/C12H14N2O2S/c1-12(2,3)16-11(15)14-9-6-8-17-10(9)5-4-7-13/h4-6,8H,1-3H3,(H,14,15)/b5-4+. The lowest BCUT2D eigenvalue weighted by molar-refractivity contribution is 0.0636. The first-order valence-corrected chi connectivity index (χ1v) is 5.94. The van der Waals surface area contributed by atoms with Gasteiger partial charge in [-0.25, -0.2) is 4.79 Å². The number of rotatable bonds is 2. The summed E-state index contributed by atoms with van der Waals surface area (Å²) in [5.41, 5.74) is 0.124. The molecular weight excluding hydrogens is 236 g/mol. The van der Waals surface area contributed by atoms with E-state index in [2.05, 4.69) is 5.32 Å². The molecule has 1 aromatic rings. The van der Waals surface area contributed by atoms with Gasteiger partial charge in [-0.3, -0.25) is 5.32 Å². The van der Waals surface area contributed by atoms with Crippen molar-refractivity contribution < 1.29 is 9.53 Å². The van der Waals surface area contributed by atoms with Crippen LogP contribution in [-0.4, -0.2) is 11.7 Å². The number of ether oxygens (including phenoxy) is 1. The van der Waals surface area contributed by atoms with Crippen LogP contribution < -0.4 is 5.32 Å². The number of thiophene rings is 1. The van der Waals surface area contributed by atoms with Crippen LogP contribution >= 0.6 is 11.3 Å². The second-order valence-electron chi connectivity index (χ2n) is 4.29. The number of allylic oxidation sites excluding steroid dienone is 1. The molecule has 0 radical (unpaired) electrons. The van der Waals surface area contributed by atoms with Crippen molar-refractivity contribution >= 4 is 29.2 Å². The highest BCUT2D eigenvalue weighted by molar-refractivity contribution is 7.11. The minimum Gasteiger partial charge on any atom is -0.444 e. The van der Waals surface area contributed by atoms with Gasteiger partial charge in [-0.2, -0.15) is 5.26 Å². The molecule has 0 saturated heterocycles. The molecule has 17 heavy (non-hydrogen) atoms. The monoisotopic (exact) mass is 250 g/mol. The average Bonchev–Trinajstić information content (AvgIpc) is 2.59. The molecule has 5 heteroatoms. The maximum Gasteiger partial charge on any atom is 0.412 e. The van der Waals surface area contributed by atoms with Crippen molar-refractivity contribution in [2.24, 2.45) is 0 Å². The third-order valence-electron chi connectivity index (χ3n) is 1.64. The quantitative estimate of drug-likeness (QED) is 0.815. The number of nitrogens with one attached hydrogen (secondary N) is 1. The van der Waals surface area contributed by atoms with Gasteiger partial charge < -0.3 is 4.74 Å². The average molecular weight is 250 g/mol. The van der Waals surface area contributed by atoms with Gasteiger partial charge in [0.05, 0.1) is 16.6 Å². The molecule has 0 unspecified atom stereocenters. The summed E-state index contributed by atoms with van der Waals surface area (Å²) in [6.45, 7) is 5.41. The maximum absolute atomic E-state index is 11.5. The van der Waals surface area contributed by atoms with E-state index in [0.29, 0.717) is 5.69 Å². The molecule has 90 valence electrons. The summed E-state index contributed by atoms with van der Waals surface area (Å²) in [5, 5.41) is 12.9. The number of carbonyl (C=O) groups excluding carboxylic acids is 1. The zero-order chi connectivity index (χ0) is 12.9. The van der Waals surface area contributed by atoms with Crippen molar-refractivity contribution in [2.75, 3.05) is 5.32 Å². The number of hydrogen-bond acceptors (Lipinski definition) is 4. The van der Waals surface area contributed by atoms with Crippen LogP contribution in [0.4, 0.5) is 10.5 Å². The number of nitriles is 1. The Hall–Kier alpha value is -1.80. The van der Waals surface area contributed by atoms with E-state index >= 15 is 0 Å². The van der Waals surface area contributed by atoms with Crippen molar-refractivity contribution in [2.45, 2.75) is 26.4 Å². The van der Waals surface area contributed by atoms with E-state index in [1.54, 1.807) is 32.9 Å². The molecule has 0 aromatic carbocycles. The molecule has 1 N–H and O–H groups in total. The van der Waals surface area contributed by atoms with Gasteiger partial charge in [0.25, 0.3) is 0 Å². The molecule has 0 aliphatic heterocycles. The fraction of sp³-hybridized carbons (Fsp3) is 0.333. The number of anilines is 1. The van der Waals surface area contributed by atoms with Crippen LogP contribution in [0.2, 0.25) is 0 Å². The van der Waals surface area contributed by atoms with E-state index in [1.807, 2.05) is 11.4 Å². The molecule has 0 saturated carbocycles. The van der Waals surface area contributed by atoms with Gasteiger partial charge in [0.2, 0.25) is 0 Å². The van der Waals surface area contributed by atoms with Crippen molar-refractivity contribution in [3.05, 3.63) is 22.4 Å². The summed E-state index contributed by atoms with van der Waals surface area (Å²) in [7, 11) is 0. The minimum absolute atomic E-state index is 0.498. The van der Waals surface area contributed by atoms with E-state index < -0.39 is 11.7 Å². The van der Waals surface area contributed by atoms with Gasteiger partial charge >= 0.3 is 6.09 Å². The molecule has 0 bridgehead atoms. The van der Waals surface area contributed by atoms with Crippen LogP contribution in [0.1, 0.15) is 25.6 Å². The molecule has 4 nitrogen and oxygen atoms in total. The zero-order valence-electron chi connectivity index (χ0n) is 9.98. The lowest BCUT2D eigenvalue weighted by Crippen LogP contribution is -2.27. The minimum atomic E-state index is -0.525. The summed E-state index contributed by atoms with van der Waals surface area (Å²) >= 11 is 1.44. The lowest BCUT2D eigenvalue weighted by Gasteiger charge is -2.19. The van der Waals surface area contributed by atoms with E-state index in [1.165, 1.54) is 17.4 Å². The smallest absolute Gasteiger partial charge is 0.412 e. The summed E-state index contributed by atoms with van der Waals surface area (Å²) in [6, 6.07) is 3.68. The summed E-state index contributed by atoms with van der Waals surface area (Å²) in [5.74, 6) is 0. The fourth-order valence-electron chi connectivity index (χ4n) is 1.08. The van der Waals surface area contributed by atoms with Gasteiger partial charge in [0.15, 0.2) is 0 Å². The van der Waals surface area contributed by atoms with Gasteiger partial charge in [-0.05, 0) is 38.3 Å². The van der Waals surface area contributed by atoms with E-state index in [0.717, 1.165) is 4.88 Å². The second-order valence-corrected chi connectivity index (χ2v) is 5.24. The highest BCUT2D eigenvalue weighted by Crippen LogP contribution is 2.24. The maximum atomic E-state index is 11.5. The lowest BCUT2D eigenvalue weighted by atomic mass is 10.2. The van der Waals surface area contributed by atoms with Crippen molar-refractivity contribution in [1.29, 1.82) is 5.26 Å². The van der Waals surface area contributed by atoms with E-state index in [4.69, 9.17) is 10.00 Å². The van der Waals surface area contributed by atoms with Gasteiger partial charge in [0.1, 0.15) is 5.60 Å². The molecule has 0 aliphatic carbocycles. The Balaban J connectivity index is 2.70. The Morgan fingerprint density at radius 2 is 2.29 bits per heavy atom. The van der Waals surface area contributed by atoms with Crippen LogP contribution in [0.3, 0.4) is 0 Å². The summed E-state index contributed by atoms with van der Waals surface area (Å²) < 4.78 is 5.14. The second kappa shape index (κ2) is 5.51. The normalized spacial score (nSPS) is 11.2. The van der Waals surface area contributed by atoms with Crippen molar-refractivity contribution in [1.82, 2.24) is 0 Å². The van der Waals surface area contributed by atoms with E-state index in [9.17, 15) is 4.79 Å². The Bertz CT molecular complexity index is 464. The Labute approximate surface area is 105 Å². The van der Waals surface area contributed by atoms with Gasteiger partial charge in [0, 0.05) is 6.08 Å². The van der Waals surface area contributed by atoms with Crippen LogP contribution in [0, 0.1) is 11.3 Å². The predicted octanol–water partition coefficient (Wildman–Crippen LogP) is 3.63. The SMILES string of the molecule is CC(C)(C)OC(=O)Nc1ccsc1/C=C/C#N. The topological polar surface area (TPSA) is 62.1 Å². The molecule has 0 spiro atoms. The zero-order valence-corrected chi connectivity index (χ0v) is 10.8. The largest absolute Gasteiger partial charge is 0.444 e. The number of carbonyl (C=O) groups is 1. The molecule has 1 rings (SSSR count). The summed E-state index contributed by atoms with van der Waals surface area (Å²) in [4.78, 5) is 12.4. The highest BCUT2D eigenvalue weighted by Gasteiger charge is 2.17. The van der Waals surface area contributed by atoms with Crippen molar-refractivity contribution in [3.63, 3.8) is 0 Å². The Morgan fingerprint density at radius 3 is 2.88 bits per heavy atom. The summed E-state index contributed by atoms with van der Waals surface area (Å²) in [6.07, 6.45) is 2.52. The van der Waals surface area contributed by atoms with Crippen molar-refractivity contribution in [3.8, 4) is 6.07 Å². The Kier molecular flexibility index (Phi) is 4.30. The van der Waals surface area contributed by atoms with Crippen LogP contribution in [0.5, 0.6) is 0 Å². The van der Waals surface area contributed by atoms with Crippen LogP contribution in [0.25, 0.3) is 6.08 Å². The number of hydrogen-bond donors (Lipinski definition) is 1. The van der Waals surface area contributed by atoms with Gasteiger partial charge in [-0.15, -0.1) is 11.3 Å².